The number of hydrogen-bond donors (Lipinski definition) is 5. The van der Waals surface area contributed by atoms with Crippen LogP contribution in [0, 0.1) is 0 Å². The van der Waals surface area contributed by atoms with Gasteiger partial charge in [0.15, 0.2) is 0 Å². The Balaban J connectivity index is 1.17. The van der Waals surface area contributed by atoms with E-state index in [4.69, 9.17) is 4.74 Å². The number of hydrogen-bond acceptors (Lipinski definition) is 5. The summed E-state index contributed by atoms with van der Waals surface area (Å²) in [5.41, 5.74) is 3.32. The highest BCUT2D eigenvalue weighted by molar-refractivity contribution is 6.05. The van der Waals surface area contributed by atoms with E-state index in [0.717, 1.165) is 28.6 Å². The number of aliphatic hydroxyl groups is 1. The van der Waals surface area contributed by atoms with Crippen LogP contribution in [0.4, 0.5) is 5.69 Å². The third-order valence-electron chi connectivity index (χ3n) is 5.24. The number of phenols is 1. The number of nitrogens with one attached hydrogen (secondary N) is 3. The molecule has 1 aromatic heterocycles. The van der Waals surface area contributed by atoms with Crippen molar-refractivity contribution in [2.75, 3.05) is 25.0 Å². The molecule has 0 unspecified atom stereocenters. The molecule has 7 heteroatoms. The Labute approximate surface area is 192 Å². The van der Waals surface area contributed by atoms with Gasteiger partial charge in [0.05, 0.1) is 0 Å². The Kier molecular flexibility index (Phi) is 7.24. The summed E-state index contributed by atoms with van der Waals surface area (Å²) in [7, 11) is 0. The van der Waals surface area contributed by atoms with Gasteiger partial charge in [0, 0.05) is 23.1 Å². The molecule has 4 aromatic rings. The van der Waals surface area contributed by atoms with Gasteiger partial charge in [-0.15, -0.1) is 0 Å². The molecule has 0 fully saturated rings. The molecule has 0 saturated heterocycles. The quantitative estimate of drug-likeness (QED) is 0.239. The summed E-state index contributed by atoms with van der Waals surface area (Å²) in [6.07, 6.45) is 0.156. The summed E-state index contributed by atoms with van der Waals surface area (Å²) in [6.45, 7) is 1.29. The number of aromatic amines is 1. The molecule has 3 aromatic carbocycles. The maximum Gasteiger partial charge on any atom is 0.272 e. The molecule has 0 aliphatic carbocycles. The Bertz CT molecular complexity index is 1150. The number of fused-ring (bicyclic) bond motifs is 1. The van der Waals surface area contributed by atoms with E-state index in [1.807, 2.05) is 54.6 Å². The van der Waals surface area contributed by atoms with E-state index in [-0.39, 0.29) is 18.3 Å². The van der Waals surface area contributed by atoms with Crippen molar-refractivity contribution in [2.24, 2.45) is 0 Å². The number of rotatable bonds is 10. The van der Waals surface area contributed by atoms with Crippen LogP contribution in [-0.2, 0) is 6.42 Å². The van der Waals surface area contributed by atoms with Crippen molar-refractivity contribution in [3.8, 4) is 11.5 Å². The molecule has 0 bridgehead atoms. The molecule has 5 N–H and O–H groups in total. The number of carbonyl (C=O) groups excluding carboxylic acids is 1. The first-order valence-corrected chi connectivity index (χ1v) is 10.9. The lowest BCUT2D eigenvalue weighted by Gasteiger charge is -2.13. The van der Waals surface area contributed by atoms with Gasteiger partial charge in [0.1, 0.15) is 29.9 Å². The molecular weight excluding hydrogens is 418 g/mol. The van der Waals surface area contributed by atoms with E-state index in [1.54, 1.807) is 24.3 Å². The number of carbonyl (C=O) groups is 1. The molecule has 0 aliphatic heterocycles. The van der Waals surface area contributed by atoms with Crippen molar-refractivity contribution < 1.29 is 19.7 Å². The predicted molar refractivity (Wildman–Crippen MR) is 129 cm³/mol. The van der Waals surface area contributed by atoms with Crippen molar-refractivity contribution in [1.82, 2.24) is 10.3 Å². The van der Waals surface area contributed by atoms with Crippen molar-refractivity contribution in [2.45, 2.75) is 12.5 Å². The van der Waals surface area contributed by atoms with Crippen molar-refractivity contribution >= 4 is 22.5 Å². The smallest absolute Gasteiger partial charge is 0.272 e. The molecule has 1 heterocycles. The molecule has 4 rings (SSSR count). The summed E-state index contributed by atoms with van der Waals surface area (Å²) in [6, 6.07) is 23.7. The lowest BCUT2D eigenvalue weighted by atomic mass is 10.1. The molecule has 0 radical (unpaired) electrons. The van der Waals surface area contributed by atoms with Gasteiger partial charge in [-0.1, -0.05) is 30.3 Å². The second kappa shape index (κ2) is 10.7. The number of H-pyrrole nitrogens is 1. The predicted octanol–water partition coefficient (Wildman–Crippen LogP) is 3.70. The number of ether oxygens (including phenoxy) is 1. The van der Waals surface area contributed by atoms with Gasteiger partial charge in [-0.3, -0.25) is 4.79 Å². The Morgan fingerprint density at radius 2 is 1.76 bits per heavy atom. The highest BCUT2D eigenvalue weighted by Gasteiger charge is 2.10. The van der Waals surface area contributed by atoms with Crippen LogP contribution in [0.3, 0.4) is 0 Å². The third-order valence-corrected chi connectivity index (χ3v) is 5.24. The minimum atomic E-state index is -0.638. The number of aromatic hydroxyl groups is 1. The fourth-order valence-electron chi connectivity index (χ4n) is 3.44. The van der Waals surface area contributed by atoms with Crippen LogP contribution in [0.25, 0.3) is 10.9 Å². The molecule has 170 valence electrons. The average Bonchev–Trinajstić information content (AvgIpc) is 3.27. The first-order chi connectivity index (χ1) is 16.1. The zero-order valence-electron chi connectivity index (χ0n) is 18.1. The van der Waals surface area contributed by atoms with Crippen LogP contribution >= 0.6 is 0 Å². The number of benzene rings is 3. The fraction of sp³-hybridized carbons (Fsp3) is 0.192. The SMILES string of the molecule is O=C(Nc1ccc(CCNC[C@H](O)COc2ccc(O)cc2)cc1)c1cc2ccccc2[nH]1. The van der Waals surface area contributed by atoms with Crippen LogP contribution in [0.5, 0.6) is 11.5 Å². The monoisotopic (exact) mass is 445 g/mol. The van der Waals surface area contributed by atoms with Crippen molar-refractivity contribution in [3.05, 3.63) is 90.1 Å². The van der Waals surface area contributed by atoms with Crippen LogP contribution in [0.2, 0.25) is 0 Å². The molecule has 0 aliphatic rings. The van der Waals surface area contributed by atoms with Gasteiger partial charge in [0.25, 0.3) is 5.91 Å². The number of phenolic OH excluding ortho intramolecular Hbond substituents is 1. The maximum absolute atomic E-state index is 12.5. The summed E-state index contributed by atoms with van der Waals surface area (Å²) in [5, 5.41) is 26.4. The fourth-order valence-corrected chi connectivity index (χ4v) is 3.44. The zero-order chi connectivity index (χ0) is 23.0. The number of aromatic nitrogens is 1. The summed E-state index contributed by atoms with van der Waals surface area (Å²) >= 11 is 0. The lowest BCUT2D eigenvalue weighted by molar-refractivity contribution is 0.102. The molecule has 1 amide bonds. The topological polar surface area (TPSA) is 107 Å². The average molecular weight is 446 g/mol. The summed E-state index contributed by atoms with van der Waals surface area (Å²) in [5.74, 6) is 0.599. The summed E-state index contributed by atoms with van der Waals surface area (Å²) < 4.78 is 5.49. The minimum Gasteiger partial charge on any atom is -0.508 e. The number of anilines is 1. The molecular formula is C26H27N3O4. The normalized spacial score (nSPS) is 11.9. The van der Waals surface area contributed by atoms with Crippen LogP contribution in [0.1, 0.15) is 16.1 Å². The number of amides is 1. The van der Waals surface area contributed by atoms with Crippen LogP contribution in [0.15, 0.2) is 78.9 Å². The van der Waals surface area contributed by atoms with Gasteiger partial charge >= 0.3 is 0 Å². The Morgan fingerprint density at radius 1 is 1.00 bits per heavy atom. The van der Waals surface area contributed by atoms with Crippen LogP contribution in [-0.4, -0.2) is 46.9 Å². The Hall–Kier alpha value is -3.81. The van der Waals surface area contributed by atoms with E-state index < -0.39 is 6.10 Å². The lowest BCUT2D eigenvalue weighted by Crippen LogP contribution is -2.32. The van der Waals surface area contributed by atoms with E-state index in [9.17, 15) is 15.0 Å². The number of para-hydroxylation sites is 1. The van der Waals surface area contributed by atoms with E-state index in [1.165, 1.54) is 0 Å². The Morgan fingerprint density at radius 3 is 2.52 bits per heavy atom. The number of aliphatic hydroxyl groups excluding tert-OH is 1. The first-order valence-electron chi connectivity index (χ1n) is 10.9. The third kappa shape index (κ3) is 6.35. The molecule has 0 spiro atoms. The zero-order valence-corrected chi connectivity index (χ0v) is 18.1. The minimum absolute atomic E-state index is 0.169. The molecule has 0 saturated carbocycles. The van der Waals surface area contributed by atoms with E-state index in [0.29, 0.717) is 24.5 Å². The highest BCUT2D eigenvalue weighted by atomic mass is 16.5. The van der Waals surface area contributed by atoms with Gasteiger partial charge < -0.3 is 30.6 Å². The van der Waals surface area contributed by atoms with Gasteiger partial charge in [0.2, 0.25) is 0 Å². The van der Waals surface area contributed by atoms with Gasteiger partial charge in [-0.05, 0) is 67.1 Å². The molecule has 1 atom stereocenters. The van der Waals surface area contributed by atoms with Gasteiger partial charge in [-0.25, -0.2) is 0 Å². The molecule has 7 nitrogen and oxygen atoms in total. The van der Waals surface area contributed by atoms with E-state index in [2.05, 4.69) is 15.6 Å². The molecule has 33 heavy (non-hydrogen) atoms. The van der Waals surface area contributed by atoms with Crippen molar-refractivity contribution in [3.63, 3.8) is 0 Å². The van der Waals surface area contributed by atoms with Crippen molar-refractivity contribution in [1.29, 1.82) is 0 Å². The maximum atomic E-state index is 12.5. The van der Waals surface area contributed by atoms with Gasteiger partial charge in [-0.2, -0.15) is 0 Å². The highest BCUT2D eigenvalue weighted by Crippen LogP contribution is 2.17. The van der Waals surface area contributed by atoms with E-state index >= 15 is 0 Å². The first kappa shape index (κ1) is 22.4. The second-order valence-electron chi connectivity index (χ2n) is 7.83. The van der Waals surface area contributed by atoms with Crippen LogP contribution < -0.4 is 15.4 Å². The largest absolute Gasteiger partial charge is 0.508 e. The summed E-state index contributed by atoms with van der Waals surface area (Å²) in [4.78, 5) is 15.6. The standard InChI is InChI=1S/C26H27N3O4/c30-21-9-11-23(12-10-21)33-17-22(31)16-27-14-13-18-5-7-20(8-6-18)28-26(32)25-15-19-3-1-2-4-24(19)29-25/h1-12,15,22,27,29-31H,13-14,16-17H2,(H,28,32)/t22-/m0/s1. The second-order valence-corrected chi connectivity index (χ2v) is 7.83.